The van der Waals surface area contributed by atoms with Crippen LogP contribution in [0.25, 0.3) is 0 Å². The molecule has 6 nitrogen and oxygen atoms in total. The average Bonchev–Trinajstić information content (AvgIpc) is 2.41. The molecule has 1 atom stereocenters. The number of hydrogen-bond acceptors (Lipinski definition) is 4. The molecule has 1 heterocycles. The predicted molar refractivity (Wildman–Crippen MR) is 74.3 cm³/mol. The number of carbonyl (C=O) groups is 3. The third-order valence-corrected chi connectivity index (χ3v) is 3.57. The largest absolute Gasteiger partial charge is 0.496 e. The van der Waals surface area contributed by atoms with Gasteiger partial charge in [-0.3, -0.25) is 19.7 Å². The summed E-state index contributed by atoms with van der Waals surface area (Å²) in [5.41, 5.74) is 0.310. The summed E-state index contributed by atoms with van der Waals surface area (Å²) in [4.78, 5) is 36.7. The van der Waals surface area contributed by atoms with Crippen LogP contribution in [0.2, 0.25) is 0 Å². The Morgan fingerprint density at radius 3 is 2.80 bits per heavy atom. The molecule has 1 aromatic rings. The molecule has 3 amide bonds. The minimum absolute atomic E-state index is 0.148. The number of piperazine rings is 1. The van der Waals surface area contributed by atoms with Crippen molar-refractivity contribution >= 4 is 33.7 Å². The summed E-state index contributed by atoms with van der Waals surface area (Å²) in [6, 6.07) is 4.25. The number of nitrogens with zero attached hydrogens (tertiary/aromatic N) is 1. The Bertz CT molecular complexity index is 588. The molecule has 20 heavy (non-hydrogen) atoms. The first-order valence-corrected chi connectivity index (χ1v) is 6.71. The van der Waals surface area contributed by atoms with Gasteiger partial charge >= 0.3 is 0 Å². The van der Waals surface area contributed by atoms with Gasteiger partial charge in [0.25, 0.3) is 5.91 Å². The maximum Gasteiger partial charge on any atom is 0.258 e. The van der Waals surface area contributed by atoms with Gasteiger partial charge in [-0.15, -0.1) is 0 Å². The first-order chi connectivity index (χ1) is 9.43. The highest BCUT2D eigenvalue weighted by atomic mass is 79.9. The summed E-state index contributed by atoms with van der Waals surface area (Å²) in [5, 5.41) is 2.19. The molecule has 1 aliphatic heterocycles. The lowest BCUT2D eigenvalue weighted by molar-refractivity contribution is -0.138. The molecule has 0 aliphatic carbocycles. The van der Waals surface area contributed by atoms with Gasteiger partial charge in [0.05, 0.1) is 12.7 Å². The van der Waals surface area contributed by atoms with Crippen LogP contribution < -0.4 is 10.1 Å². The molecule has 7 heteroatoms. The second kappa shape index (κ2) is 5.62. The lowest BCUT2D eigenvalue weighted by atomic mass is 10.1. The van der Waals surface area contributed by atoms with Crippen LogP contribution in [-0.2, 0) is 9.59 Å². The second-order valence-corrected chi connectivity index (χ2v) is 5.28. The zero-order chi connectivity index (χ0) is 14.9. The van der Waals surface area contributed by atoms with Crippen LogP contribution in [-0.4, -0.2) is 42.3 Å². The second-order valence-electron chi connectivity index (χ2n) is 4.37. The van der Waals surface area contributed by atoms with Crippen molar-refractivity contribution in [3.63, 3.8) is 0 Å². The molecule has 1 unspecified atom stereocenters. The molecule has 1 aliphatic rings. The first-order valence-electron chi connectivity index (χ1n) is 5.92. The van der Waals surface area contributed by atoms with Crippen molar-refractivity contribution in [3.05, 3.63) is 28.2 Å². The fourth-order valence-corrected chi connectivity index (χ4v) is 2.30. The quantitative estimate of drug-likeness (QED) is 0.813. The Hall–Kier alpha value is -1.89. The van der Waals surface area contributed by atoms with E-state index in [9.17, 15) is 14.4 Å². The maximum atomic E-state index is 12.5. The molecule has 0 spiro atoms. The number of imide groups is 1. The predicted octanol–water partition coefficient (Wildman–Crippen LogP) is 0.945. The summed E-state index contributed by atoms with van der Waals surface area (Å²) in [7, 11) is 1.45. The molecule has 1 N–H and O–H groups in total. The van der Waals surface area contributed by atoms with Crippen molar-refractivity contribution in [2.45, 2.75) is 13.0 Å². The highest BCUT2D eigenvalue weighted by molar-refractivity contribution is 9.10. The van der Waals surface area contributed by atoms with Gasteiger partial charge in [0.2, 0.25) is 11.8 Å². The molecule has 0 saturated carbocycles. The smallest absolute Gasteiger partial charge is 0.258 e. The van der Waals surface area contributed by atoms with E-state index < -0.39 is 23.8 Å². The van der Waals surface area contributed by atoms with E-state index in [-0.39, 0.29) is 6.54 Å². The van der Waals surface area contributed by atoms with E-state index in [0.29, 0.717) is 11.3 Å². The van der Waals surface area contributed by atoms with E-state index in [4.69, 9.17) is 4.74 Å². The molecule has 2 rings (SSSR count). The number of benzene rings is 1. The number of hydrogen-bond donors (Lipinski definition) is 1. The summed E-state index contributed by atoms with van der Waals surface area (Å²) < 4.78 is 5.93. The number of ether oxygens (including phenoxy) is 1. The van der Waals surface area contributed by atoms with Gasteiger partial charge in [0, 0.05) is 4.47 Å². The van der Waals surface area contributed by atoms with Gasteiger partial charge < -0.3 is 9.64 Å². The fraction of sp³-hybridized carbons (Fsp3) is 0.308. The number of methoxy groups -OCH3 is 1. The number of halogens is 1. The Morgan fingerprint density at radius 1 is 1.45 bits per heavy atom. The van der Waals surface area contributed by atoms with Gasteiger partial charge in [-0.1, -0.05) is 15.9 Å². The zero-order valence-electron chi connectivity index (χ0n) is 11.0. The van der Waals surface area contributed by atoms with Crippen LogP contribution >= 0.6 is 15.9 Å². The van der Waals surface area contributed by atoms with Crippen LogP contribution in [0.4, 0.5) is 0 Å². The van der Waals surface area contributed by atoms with Gasteiger partial charge in [-0.2, -0.15) is 0 Å². The SMILES string of the molecule is COc1cc(Br)ccc1C(=O)N1CC(=O)NC(=O)C1C. The van der Waals surface area contributed by atoms with Gasteiger partial charge in [0.1, 0.15) is 18.3 Å². The van der Waals surface area contributed by atoms with E-state index in [0.717, 1.165) is 4.47 Å². The van der Waals surface area contributed by atoms with Gasteiger partial charge in [0.15, 0.2) is 0 Å². The fourth-order valence-electron chi connectivity index (χ4n) is 1.96. The number of carbonyl (C=O) groups excluding carboxylic acids is 3. The highest BCUT2D eigenvalue weighted by Gasteiger charge is 2.34. The topological polar surface area (TPSA) is 75.7 Å². The van der Waals surface area contributed by atoms with Crippen molar-refractivity contribution in [1.82, 2.24) is 10.2 Å². The molecule has 1 saturated heterocycles. The molecule has 0 aromatic heterocycles. The molecule has 0 radical (unpaired) electrons. The Balaban J connectivity index is 2.35. The lowest BCUT2D eigenvalue weighted by Crippen LogP contribution is -2.58. The third-order valence-electron chi connectivity index (χ3n) is 3.08. The summed E-state index contributed by atoms with van der Waals surface area (Å²) in [6.45, 7) is 1.43. The van der Waals surface area contributed by atoms with Crippen molar-refractivity contribution in [2.75, 3.05) is 13.7 Å². The zero-order valence-corrected chi connectivity index (χ0v) is 12.6. The maximum absolute atomic E-state index is 12.5. The standard InChI is InChI=1S/C13H13BrN2O4/c1-7-12(18)15-11(17)6-16(7)13(19)9-4-3-8(14)5-10(9)20-2/h3-5,7H,6H2,1-2H3,(H,15,17,18). The molecule has 1 aromatic carbocycles. The molecular weight excluding hydrogens is 328 g/mol. The van der Waals surface area contributed by atoms with E-state index in [2.05, 4.69) is 21.2 Å². The Kier molecular flexibility index (Phi) is 4.08. The Labute approximate surface area is 124 Å². The van der Waals surface area contributed by atoms with Gasteiger partial charge in [-0.05, 0) is 25.1 Å². The van der Waals surface area contributed by atoms with Crippen LogP contribution in [0.5, 0.6) is 5.75 Å². The monoisotopic (exact) mass is 340 g/mol. The Morgan fingerprint density at radius 2 is 2.15 bits per heavy atom. The van der Waals surface area contributed by atoms with Crippen molar-refractivity contribution < 1.29 is 19.1 Å². The van der Waals surface area contributed by atoms with Crippen LogP contribution in [0, 0.1) is 0 Å². The van der Waals surface area contributed by atoms with E-state index in [1.807, 2.05) is 0 Å². The normalized spacial score (nSPS) is 18.8. The summed E-state index contributed by atoms with van der Waals surface area (Å²) >= 11 is 3.29. The van der Waals surface area contributed by atoms with Gasteiger partial charge in [-0.25, -0.2) is 0 Å². The van der Waals surface area contributed by atoms with Crippen molar-refractivity contribution in [1.29, 1.82) is 0 Å². The number of amides is 3. The molecule has 1 fully saturated rings. The van der Waals surface area contributed by atoms with E-state index >= 15 is 0 Å². The number of rotatable bonds is 2. The summed E-state index contributed by atoms with van der Waals surface area (Å²) in [6.07, 6.45) is 0. The minimum atomic E-state index is -0.700. The van der Waals surface area contributed by atoms with Crippen LogP contribution in [0.3, 0.4) is 0 Å². The highest BCUT2D eigenvalue weighted by Crippen LogP contribution is 2.25. The average molecular weight is 341 g/mol. The number of nitrogens with one attached hydrogen (secondary N) is 1. The van der Waals surface area contributed by atoms with E-state index in [1.54, 1.807) is 25.1 Å². The molecule has 0 bridgehead atoms. The first kappa shape index (κ1) is 14.5. The van der Waals surface area contributed by atoms with Crippen molar-refractivity contribution in [3.8, 4) is 5.75 Å². The lowest BCUT2D eigenvalue weighted by Gasteiger charge is -2.32. The molecule has 106 valence electrons. The van der Waals surface area contributed by atoms with E-state index in [1.165, 1.54) is 12.0 Å². The third kappa shape index (κ3) is 2.67. The van der Waals surface area contributed by atoms with Crippen molar-refractivity contribution in [2.24, 2.45) is 0 Å². The minimum Gasteiger partial charge on any atom is -0.496 e. The summed E-state index contributed by atoms with van der Waals surface area (Å²) in [5.74, 6) is -0.997. The molecular formula is C13H13BrN2O4. The van der Waals surface area contributed by atoms with Crippen LogP contribution in [0.15, 0.2) is 22.7 Å². The van der Waals surface area contributed by atoms with Crippen LogP contribution in [0.1, 0.15) is 17.3 Å².